The predicted octanol–water partition coefficient (Wildman–Crippen LogP) is 3.40. The SMILES string of the molecule is CCc1cc(CC)n(Cc2ccc(N)cc2Br)n1. The zero-order chi connectivity index (χ0) is 13.1. The molecule has 4 heteroatoms. The number of nitrogens with zero attached hydrogens (tertiary/aromatic N) is 2. The number of hydrogen-bond acceptors (Lipinski definition) is 2. The lowest BCUT2D eigenvalue weighted by molar-refractivity contribution is 0.639. The summed E-state index contributed by atoms with van der Waals surface area (Å²) >= 11 is 3.55. The lowest BCUT2D eigenvalue weighted by Gasteiger charge is -2.08. The molecule has 1 heterocycles. The zero-order valence-corrected chi connectivity index (χ0v) is 12.4. The van der Waals surface area contributed by atoms with Crippen molar-refractivity contribution in [2.75, 3.05) is 5.73 Å². The van der Waals surface area contributed by atoms with Crippen LogP contribution in [0, 0.1) is 0 Å². The van der Waals surface area contributed by atoms with Crippen molar-refractivity contribution in [2.24, 2.45) is 0 Å². The van der Waals surface area contributed by atoms with Gasteiger partial charge in [0.05, 0.1) is 12.2 Å². The molecule has 0 aliphatic heterocycles. The molecule has 18 heavy (non-hydrogen) atoms. The van der Waals surface area contributed by atoms with Crippen molar-refractivity contribution in [1.29, 1.82) is 0 Å². The van der Waals surface area contributed by atoms with Gasteiger partial charge < -0.3 is 5.73 Å². The first kappa shape index (κ1) is 13.1. The quantitative estimate of drug-likeness (QED) is 0.880. The Morgan fingerprint density at radius 1 is 1.22 bits per heavy atom. The molecule has 96 valence electrons. The molecule has 0 atom stereocenters. The first-order valence-corrected chi connectivity index (χ1v) is 7.02. The van der Waals surface area contributed by atoms with Crippen molar-refractivity contribution < 1.29 is 0 Å². The summed E-state index contributed by atoms with van der Waals surface area (Å²) in [7, 11) is 0. The maximum absolute atomic E-state index is 5.75. The first-order chi connectivity index (χ1) is 8.63. The van der Waals surface area contributed by atoms with Crippen LogP contribution in [-0.2, 0) is 19.4 Å². The summed E-state index contributed by atoms with van der Waals surface area (Å²) in [6.45, 7) is 5.07. The highest BCUT2D eigenvalue weighted by molar-refractivity contribution is 9.10. The van der Waals surface area contributed by atoms with E-state index in [0.717, 1.165) is 35.2 Å². The number of rotatable bonds is 4. The average Bonchev–Trinajstić information content (AvgIpc) is 2.75. The monoisotopic (exact) mass is 307 g/mol. The van der Waals surface area contributed by atoms with Crippen molar-refractivity contribution in [3.63, 3.8) is 0 Å². The molecule has 0 amide bonds. The van der Waals surface area contributed by atoms with E-state index in [9.17, 15) is 0 Å². The highest BCUT2D eigenvalue weighted by Gasteiger charge is 2.08. The largest absolute Gasteiger partial charge is 0.399 e. The summed E-state index contributed by atoms with van der Waals surface area (Å²) in [5, 5.41) is 4.62. The van der Waals surface area contributed by atoms with Gasteiger partial charge in [0.1, 0.15) is 0 Å². The topological polar surface area (TPSA) is 43.8 Å². The molecule has 0 bridgehead atoms. The summed E-state index contributed by atoms with van der Waals surface area (Å²) in [5.41, 5.74) is 10.1. The second kappa shape index (κ2) is 5.57. The standard InChI is InChI=1S/C14H18BrN3/c1-3-12-8-13(4-2)18(17-12)9-10-5-6-11(16)7-14(10)15/h5-8H,3-4,9,16H2,1-2H3. The van der Waals surface area contributed by atoms with Crippen LogP contribution < -0.4 is 5.73 Å². The normalized spacial score (nSPS) is 10.8. The van der Waals surface area contributed by atoms with Crippen LogP contribution in [0.4, 0.5) is 5.69 Å². The minimum atomic E-state index is 0.774. The van der Waals surface area contributed by atoms with Crippen LogP contribution in [0.5, 0.6) is 0 Å². The minimum absolute atomic E-state index is 0.774. The summed E-state index contributed by atoms with van der Waals surface area (Å²) in [6, 6.07) is 8.10. The van der Waals surface area contributed by atoms with Gasteiger partial charge in [0.15, 0.2) is 0 Å². The molecule has 0 saturated heterocycles. The Labute approximate surface area is 116 Å². The van der Waals surface area contributed by atoms with Crippen LogP contribution in [0.15, 0.2) is 28.7 Å². The molecule has 0 spiro atoms. The fourth-order valence-corrected chi connectivity index (χ4v) is 2.48. The van der Waals surface area contributed by atoms with Crippen molar-refractivity contribution in [1.82, 2.24) is 9.78 Å². The van der Waals surface area contributed by atoms with Crippen LogP contribution in [-0.4, -0.2) is 9.78 Å². The number of benzene rings is 1. The molecule has 1 aromatic carbocycles. The molecule has 1 aromatic heterocycles. The first-order valence-electron chi connectivity index (χ1n) is 6.23. The van der Waals surface area contributed by atoms with E-state index in [4.69, 9.17) is 5.73 Å². The van der Waals surface area contributed by atoms with E-state index < -0.39 is 0 Å². The molecule has 0 radical (unpaired) electrons. The van der Waals surface area contributed by atoms with E-state index in [1.807, 2.05) is 18.2 Å². The van der Waals surface area contributed by atoms with E-state index in [0.29, 0.717) is 0 Å². The van der Waals surface area contributed by atoms with Gasteiger partial charge in [-0.25, -0.2) is 0 Å². The lowest BCUT2D eigenvalue weighted by atomic mass is 10.2. The van der Waals surface area contributed by atoms with Crippen molar-refractivity contribution in [2.45, 2.75) is 33.2 Å². The van der Waals surface area contributed by atoms with E-state index in [-0.39, 0.29) is 0 Å². The third-order valence-corrected chi connectivity index (χ3v) is 3.77. The van der Waals surface area contributed by atoms with E-state index in [2.05, 4.69) is 45.6 Å². The summed E-state index contributed by atoms with van der Waals surface area (Å²) < 4.78 is 3.12. The highest BCUT2D eigenvalue weighted by atomic mass is 79.9. The third-order valence-electron chi connectivity index (χ3n) is 3.04. The van der Waals surface area contributed by atoms with Crippen molar-refractivity contribution in [3.8, 4) is 0 Å². The van der Waals surface area contributed by atoms with Gasteiger partial charge in [-0.2, -0.15) is 5.10 Å². The minimum Gasteiger partial charge on any atom is -0.399 e. The summed E-state index contributed by atoms with van der Waals surface area (Å²) in [6.07, 6.45) is 1.97. The van der Waals surface area contributed by atoms with Crippen molar-refractivity contribution >= 4 is 21.6 Å². The van der Waals surface area contributed by atoms with Crippen LogP contribution in [0.2, 0.25) is 0 Å². The molecule has 3 nitrogen and oxygen atoms in total. The highest BCUT2D eigenvalue weighted by Crippen LogP contribution is 2.21. The number of nitrogens with two attached hydrogens (primary N) is 1. The third kappa shape index (κ3) is 2.75. The number of hydrogen-bond donors (Lipinski definition) is 1. The summed E-state index contributed by atoms with van der Waals surface area (Å²) in [4.78, 5) is 0. The average molecular weight is 308 g/mol. The number of halogens is 1. The Morgan fingerprint density at radius 2 is 2.00 bits per heavy atom. The van der Waals surface area contributed by atoms with Crippen LogP contribution in [0.25, 0.3) is 0 Å². The molecule has 2 rings (SSSR count). The van der Waals surface area contributed by atoms with Gasteiger partial charge in [-0.3, -0.25) is 4.68 Å². The summed E-state index contributed by atoms with van der Waals surface area (Å²) in [5.74, 6) is 0. The van der Waals surface area contributed by atoms with Crippen LogP contribution in [0.3, 0.4) is 0 Å². The fourth-order valence-electron chi connectivity index (χ4n) is 1.96. The van der Waals surface area contributed by atoms with Crippen molar-refractivity contribution in [3.05, 3.63) is 45.7 Å². The predicted molar refractivity (Wildman–Crippen MR) is 78.6 cm³/mol. The number of nitrogen functional groups attached to an aromatic ring is 1. The van der Waals surface area contributed by atoms with Gasteiger partial charge >= 0.3 is 0 Å². The second-order valence-electron chi connectivity index (χ2n) is 4.34. The molecule has 0 aliphatic carbocycles. The molecular weight excluding hydrogens is 290 g/mol. The molecule has 0 aliphatic rings. The Morgan fingerprint density at radius 3 is 2.61 bits per heavy atom. The van der Waals surface area contributed by atoms with Gasteiger partial charge in [0.25, 0.3) is 0 Å². The van der Waals surface area contributed by atoms with E-state index in [1.165, 1.54) is 11.3 Å². The Kier molecular flexibility index (Phi) is 4.07. The molecule has 0 saturated carbocycles. The smallest absolute Gasteiger partial charge is 0.0673 e. The second-order valence-corrected chi connectivity index (χ2v) is 5.20. The number of aromatic nitrogens is 2. The molecule has 0 unspecified atom stereocenters. The van der Waals surface area contributed by atoms with Crippen LogP contribution >= 0.6 is 15.9 Å². The molecular formula is C14H18BrN3. The van der Waals surface area contributed by atoms with Gasteiger partial charge in [-0.15, -0.1) is 0 Å². The van der Waals surface area contributed by atoms with E-state index >= 15 is 0 Å². The van der Waals surface area contributed by atoms with E-state index in [1.54, 1.807) is 0 Å². The van der Waals surface area contributed by atoms with Gasteiger partial charge in [0.2, 0.25) is 0 Å². The Bertz CT molecular complexity index is 546. The molecule has 2 aromatic rings. The number of anilines is 1. The maximum atomic E-state index is 5.75. The van der Waals surface area contributed by atoms with Gasteiger partial charge in [-0.05, 0) is 36.6 Å². The fraction of sp³-hybridized carbons (Fsp3) is 0.357. The van der Waals surface area contributed by atoms with Crippen LogP contribution in [0.1, 0.15) is 30.8 Å². The molecule has 0 fully saturated rings. The Hall–Kier alpha value is -1.29. The zero-order valence-electron chi connectivity index (χ0n) is 10.8. The molecule has 2 N–H and O–H groups in total. The lowest BCUT2D eigenvalue weighted by Crippen LogP contribution is -2.06. The number of aryl methyl sites for hydroxylation is 2. The maximum Gasteiger partial charge on any atom is 0.0673 e. The Balaban J connectivity index is 2.30. The van der Waals surface area contributed by atoms with Gasteiger partial charge in [-0.1, -0.05) is 35.8 Å². The van der Waals surface area contributed by atoms with Gasteiger partial charge in [0, 0.05) is 15.9 Å².